The van der Waals surface area contributed by atoms with E-state index in [9.17, 15) is 13.9 Å². The van der Waals surface area contributed by atoms with Crippen molar-refractivity contribution in [2.75, 3.05) is 27.2 Å². The van der Waals surface area contributed by atoms with Crippen molar-refractivity contribution >= 4 is 11.8 Å². The Morgan fingerprint density at radius 3 is 2.88 bits per heavy atom. The number of hydrogen-bond acceptors (Lipinski definition) is 7. The Morgan fingerprint density at radius 1 is 1.35 bits per heavy atom. The summed E-state index contributed by atoms with van der Waals surface area (Å²) in [6.45, 7) is 0.308. The van der Waals surface area contributed by atoms with Crippen molar-refractivity contribution < 1.29 is 13.9 Å². The summed E-state index contributed by atoms with van der Waals surface area (Å²) in [5.74, 6) is -1.23. The second-order valence-corrected chi connectivity index (χ2v) is 8.22. The Kier molecular flexibility index (Phi) is 4.31. The standard InChI is InChI=1S/C17H21F2N5OS/c1-23-6-11(5-17(18,19)9-23)20-14-7-24(2)16(22-21-14)13-4-12-3-10(8-26-12)15(13)25/h3-4,7,11,16,20,25H,5-6,8-9H2,1-2H3/t11?,16-/m0/s1. The molecule has 1 saturated heterocycles. The number of azo groups is 1. The Labute approximate surface area is 155 Å². The Morgan fingerprint density at radius 2 is 2.15 bits per heavy atom. The number of phenolic OH excluding ortho intramolecular Hbond substituents is 1. The highest BCUT2D eigenvalue weighted by molar-refractivity contribution is 7.98. The third-order valence-corrected chi connectivity index (χ3v) is 5.81. The number of aromatic hydroxyl groups is 1. The van der Waals surface area contributed by atoms with Gasteiger partial charge in [-0.15, -0.1) is 16.9 Å². The number of likely N-dealkylation sites (N-methyl/N-ethyl adjacent to an activating group) is 1. The van der Waals surface area contributed by atoms with Crippen molar-refractivity contribution in [3.8, 4) is 5.75 Å². The molecule has 140 valence electrons. The summed E-state index contributed by atoms with van der Waals surface area (Å²) in [6.07, 6.45) is 1.11. The number of rotatable bonds is 3. The minimum absolute atomic E-state index is 0.219. The molecule has 3 aliphatic heterocycles. The van der Waals surface area contributed by atoms with E-state index in [1.165, 1.54) is 0 Å². The van der Waals surface area contributed by atoms with E-state index in [1.807, 2.05) is 24.1 Å². The smallest absolute Gasteiger partial charge is 0.262 e. The van der Waals surface area contributed by atoms with Crippen LogP contribution in [0, 0.1) is 0 Å². The predicted octanol–water partition coefficient (Wildman–Crippen LogP) is 3.12. The van der Waals surface area contributed by atoms with Crippen LogP contribution >= 0.6 is 11.8 Å². The van der Waals surface area contributed by atoms with Crippen LogP contribution in [0.15, 0.2) is 39.3 Å². The highest BCUT2D eigenvalue weighted by Crippen LogP contribution is 2.43. The van der Waals surface area contributed by atoms with Gasteiger partial charge in [-0.1, -0.05) is 0 Å². The van der Waals surface area contributed by atoms with Crippen LogP contribution in [-0.2, 0) is 5.75 Å². The number of benzene rings is 1. The van der Waals surface area contributed by atoms with Gasteiger partial charge in [-0.3, -0.25) is 4.90 Å². The molecule has 0 saturated carbocycles. The fraction of sp³-hybridized carbons (Fsp3) is 0.529. The number of piperidine rings is 1. The van der Waals surface area contributed by atoms with Gasteiger partial charge in [-0.05, 0) is 19.2 Å². The summed E-state index contributed by atoms with van der Waals surface area (Å²) in [7, 11) is 3.52. The lowest BCUT2D eigenvalue weighted by atomic mass is 10.0. The SMILES string of the molecule is CN1CC(NC2=CN(C)[C@@H](c3cc4cc(c3O)CS4)N=N2)CC(F)(F)C1. The first kappa shape index (κ1) is 17.5. The molecule has 2 atom stereocenters. The van der Waals surface area contributed by atoms with Gasteiger partial charge in [0, 0.05) is 54.0 Å². The normalized spacial score (nSPS) is 27.5. The highest BCUT2D eigenvalue weighted by Gasteiger charge is 2.39. The maximum Gasteiger partial charge on any atom is 0.262 e. The summed E-state index contributed by atoms with van der Waals surface area (Å²) < 4.78 is 27.5. The van der Waals surface area contributed by atoms with E-state index in [2.05, 4.69) is 15.5 Å². The van der Waals surface area contributed by atoms with E-state index in [-0.39, 0.29) is 24.8 Å². The van der Waals surface area contributed by atoms with E-state index < -0.39 is 12.1 Å². The summed E-state index contributed by atoms with van der Waals surface area (Å²) in [6, 6.07) is 3.52. The number of nitrogens with one attached hydrogen (secondary N) is 1. The average molecular weight is 381 g/mol. The van der Waals surface area contributed by atoms with E-state index in [4.69, 9.17) is 0 Å². The second-order valence-electron chi connectivity index (χ2n) is 7.18. The van der Waals surface area contributed by atoms with E-state index in [1.54, 1.807) is 29.9 Å². The quantitative estimate of drug-likeness (QED) is 0.842. The van der Waals surface area contributed by atoms with Crippen LogP contribution in [0.2, 0.25) is 0 Å². The zero-order valence-corrected chi connectivity index (χ0v) is 15.4. The summed E-state index contributed by atoms with van der Waals surface area (Å²) in [5.41, 5.74) is 1.62. The molecular formula is C17H21F2N5OS. The maximum atomic E-state index is 13.7. The Bertz CT molecular complexity index is 785. The van der Waals surface area contributed by atoms with E-state index >= 15 is 0 Å². The first-order valence-corrected chi connectivity index (χ1v) is 9.45. The number of halogens is 2. The molecule has 9 heteroatoms. The fourth-order valence-corrected chi connectivity index (χ4v) is 4.68. The molecule has 1 fully saturated rings. The molecule has 1 aromatic carbocycles. The Hall–Kier alpha value is -1.87. The van der Waals surface area contributed by atoms with Gasteiger partial charge in [-0.25, -0.2) is 8.78 Å². The summed E-state index contributed by atoms with van der Waals surface area (Å²) in [4.78, 5) is 4.56. The van der Waals surface area contributed by atoms with Gasteiger partial charge in [0.1, 0.15) is 5.75 Å². The predicted molar refractivity (Wildman–Crippen MR) is 95.1 cm³/mol. The summed E-state index contributed by atoms with van der Waals surface area (Å²) in [5, 5.41) is 22.0. The van der Waals surface area contributed by atoms with Gasteiger partial charge >= 0.3 is 0 Å². The van der Waals surface area contributed by atoms with Gasteiger partial charge < -0.3 is 15.3 Å². The fourth-order valence-electron chi connectivity index (χ4n) is 3.71. The van der Waals surface area contributed by atoms with Crippen LogP contribution in [0.25, 0.3) is 0 Å². The zero-order valence-electron chi connectivity index (χ0n) is 14.6. The maximum absolute atomic E-state index is 13.7. The van der Waals surface area contributed by atoms with Crippen LogP contribution in [-0.4, -0.2) is 54.1 Å². The van der Waals surface area contributed by atoms with Crippen LogP contribution < -0.4 is 5.32 Å². The molecule has 3 heterocycles. The van der Waals surface area contributed by atoms with E-state index in [0.29, 0.717) is 17.9 Å². The van der Waals surface area contributed by atoms with Crippen LogP contribution in [0.1, 0.15) is 23.7 Å². The molecular weight excluding hydrogens is 360 g/mol. The largest absolute Gasteiger partial charge is 0.507 e. The lowest BCUT2D eigenvalue weighted by Crippen LogP contribution is -2.52. The lowest BCUT2D eigenvalue weighted by molar-refractivity contribution is -0.0673. The van der Waals surface area contributed by atoms with Crippen molar-refractivity contribution in [2.45, 2.75) is 35.2 Å². The van der Waals surface area contributed by atoms with Crippen molar-refractivity contribution in [2.24, 2.45) is 10.2 Å². The summed E-state index contributed by atoms with van der Waals surface area (Å²) >= 11 is 1.68. The lowest BCUT2D eigenvalue weighted by Gasteiger charge is -2.36. The van der Waals surface area contributed by atoms with Crippen LogP contribution in [0.3, 0.4) is 0 Å². The molecule has 2 bridgehead atoms. The average Bonchev–Trinajstić information content (AvgIpc) is 2.93. The van der Waals surface area contributed by atoms with Gasteiger partial charge in [0.05, 0.1) is 6.54 Å². The molecule has 0 aromatic heterocycles. The van der Waals surface area contributed by atoms with Crippen LogP contribution in [0.4, 0.5) is 8.78 Å². The number of hydrogen-bond donors (Lipinski definition) is 2. The molecule has 0 radical (unpaired) electrons. The van der Waals surface area contributed by atoms with Crippen LogP contribution in [0.5, 0.6) is 5.75 Å². The van der Waals surface area contributed by atoms with Crippen molar-refractivity contribution in [1.29, 1.82) is 0 Å². The number of nitrogens with zero attached hydrogens (tertiary/aromatic N) is 4. The minimum Gasteiger partial charge on any atom is -0.507 e. The number of alkyl halides is 2. The second kappa shape index (κ2) is 6.38. The molecule has 26 heavy (non-hydrogen) atoms. The molecule has 4 rings (SSSR count). The highest BCUT2D eigenvalue weighted by atomic mass is 32.2. The number of phenols is 1. The van der Waals surface area contributed by atoms with Gasteiger partial charge in [0.15, 0.2) is 12.0 Å². The third kappa shape index (κ3) is 3.37. The van der Waals surface area contributed by atoms with Gasteiger partial charge in [0.2, 0.25) is 0 Å². The zero-order chi connectivity index (χ0) is 18.5. The molecule has 1 unspecified atom stereocenters. The Balaban J connectivity index is 1.48. The van der Waals surface area contributed by atoms with E-state index in [0.717, 1.165) is 16.2 Å². The van der Waals surface area contributed by atoms with Crippen molar-refractivity contribution in [3.05, 3.63) is 35.3 Å². The van der Waals surface area contributed by atoms with Gasteiger partial charge in [0.25, 0.3) is 5.92 Å². The number of thioether (sulfide) groups is 1. The monoisotopic (exact) mass is 381 g/mol. The van der Waals surface area contributed by atoms with Crippen molar-refractivity contribution in [1.82, 2.24) is 15.1 Å². The molecule has 2 N–H and O–H groups in total. The van der Waals surface area contributed by atoms with Crippen molar-refractivity contribution in [3.63, 3.8) is 0 Å². The number of fused-ring (bicyclic) bond motifs is 2. The molecule has 0 aliphatic carbocycles. The topological polar surface area (TPSA) is 63.5 Å². The molecule has 1 aromatic rings. The first-order chi connectivity index (χ1) is 12.3. The number of likely N-dealkylation sites (tertiary alicyclic amines) is 1. The molecule has 3 aliphatic rings. The van der Waals surface area contributed by atoms with Gasteiger partial charge in [-0.2, -0.15) is 5.11 Å². The molecule has 6 nitrogen and oxygen atoms in total. The molecule has 0 amide bonds. The third-order valence-electron chi connectivity index (χ3n) is 4.78. The first-order valence-electron chi connectivity index (χ1n) is 8.47. The molecule has 0 spiro atoms. The minimum atomic E-state index is -2.71.